The Morgan fingerprint density at radius 2 is 1.90 bits per heavy atom. The van der Waals surface area contributed by atoms with Gasteiger partial charge in [-0.15, -0.1) is 0 Å². The first kappa shape index (κ1) is 21.6. The molecule has 7 nitrogen and oxygen atoms in total. The molecule has 2 aromatic rings. The fraction of sp³-hybridized carbons (Fsp3) is 0.391. The molecule has 0 aliphatic carbocycles. The second kappa shape index (κ2) is 10.6. The van der Waals surface area contributed by atoms with Gasteiger partial charge in [0.1, 0.15) is 5.75 Å². The largest absolute Gasteiger partial charge is 0.494 e. The standard InChI is InChI=1S/C23H28N2O5/c1-3-4-12-30-19-7-5-6-17(15-19)22(26)24-20-16-18(23(27)28-2)8-9-21(20)25-10-13-29-14-11-25/h5-9,15-16H,3-4,10-14H2,1-2H3,(H,24,26). The third-order valence-corrected chi connectivity index (χ3v) is 4.88. The van der Waals surface area contributed by atoms with Crippen LogP contribution >= 0.6 is 0 Å². The number of unbranched alkanes of at least 4 members (excludes halogenated alkanes) is 1. The molecule has 1 saturated heterocycles. The molecule has 0 aromatic heterocycles. The topological polar surface area (TPSA) is 77.1 Å². The molecule has 2 aromatic carbocycles. The molecule has 0 unspecified atom stereocenters. The van der Waals surface area contributed by atoms with Crippen LogP contribution in [0.3, 0.4) is 0 Å². The maximum absolute atomic E-state index is 13.0. The van der Waals surface area contributed by atoms with E-state index in [1.165, 1.54) is 7.11 Å². The summed E-state index contributed by atoms with van der Waals surface area (Å²) >= 11 is 0. The van der Waals surface area contributed by atoms with Gasteiger partial charge in [-0.2, -0.15) is 0 Å². The molecule has 1 aliphatic heterocycles. The highest BCUT2D eigenvalue weighted by atomic mass is 16.5. The molecule has 1 heterocycles. The van der Waals surface area contributed by atoms with Crippen molar-refractivity contribution in [3.05, 3.63) is 53.6 Å². The van der Waals surface area contributed by atoms with Gasteiger partial charge in [-0.05, 0) is 42.8 Å². The number of carbonyl (C=O) groups is 2. The summed E-state index contributed by atoms with van der Waals surface area (Å²) in [4.78, 5) is 27.1. The second-order valence-corrected chi connectivity index (χ2v) is 7.01. The Balaban J connectivity index is 1.83. The van der Waals surface area contributed by atoms with Crippen molar-refractivity contribution < 1.29 is 23.8 Å². The smallest absolute Gasteiger partial charge is 0.337 e. The summed E-state index contributed by atoms with van der Waals surface area (Å²) in [6.07, 6.45) is 2.00. The number of nitrogens with zero attached hydrogens (tertiary/aromatic N) is 1. The van der Waals surface area contributed by atoms with Gasteiger partial charge in [-0.25, -0.2) is 4.79 Å². The van der Waals surface area contributed by atoms with Crippen molar-refractivity contribution in [3.63, 3.8) is 0 Å². The summed E-state index contributed by atoms with van der Waals surface area (Å²) in [5.74, 6) is -0.0642. The van der Waals surface area contributed by atoms with Crippen molar-refractivity contribution in [1.29, 1.82) is 0 Å². The van der Waals surface area contributed by atoms with Crippen LogP contribution in [-0.4, -0.2) is 51.9 Å². The maximum Gasteiger partial charge on any atom is 0.337 e. The van der Waals surface area contributed by atoms with Gasteiger partial charge in [0.05, 0.1) is 43.9 Å². The average Bonchev–Trinajstić information content (AvgIpc) is 2.79. The van der Waals surface area contributed by atoms with Gasteiger partial charge in [0, 0.05) is 18.7 Å². The molecule has 7 heteroatoms. The maximum atomic E-state index is 13.0. The van der Waals surface area contributed by atoms with E-state index in [4.69, 9.17) is 14.2 Å². The number of amides is 1. The third kappa shape index (κ3) is 5.51. The van der Waals surface area contributed by atoms with E-state index >= 15 is 0 Å². The lowest BCUT2D eigenvalue weighted by atomic mass is 10.1. The van der Waals surface area contributed by atoms with Gasteiger partial charge in [-0.3, -0.25) is 4.79 Å². The minimum absolute atomic E-state index is 0.271. The number of rotatable bonds is 8. The number of hydrogen-bond donors (Lipinski definition) is 1. The first-order valence-corrected chi connectivity index (χ1v) is 10.2. The fourth-order valence-corrected chi connectivity index (χ4v) is 3.22. The molecule has 0 saturated carbocycles. The molecule has 1 fully saturated rings. The Morgan fingerprint density at radius 1 is 1.10 bits per heavy atom. The lowest BCUT2D eigenvalue weighted by Gasteiger charge is -2.30. The van der Waals surface area contributed by atoms with Gasteiger partial charge in [0.25, 0.3) is 5.91 Å². The molecule has 0 spiro atoms. The Labute approximate surface area is 176 Å². The van der Waals surface area contributed by atoms with E-state index in [0.29, 0.717) is 55.5 Å². The number of esters is 1. The number of ether oxygens (including phenoxy) is 3. The van der Waals surface area contributed by atoms with Crippen molar-refractivity contribution in [2.75, 3.05) is 50.2 Å². The third-order valence-electron chi connectivity index (χ3n) is 4.88. The molecular formula is C23H28N2O5. The summed E-state index contributed by atoms with van der Waals surface area (Å²) in [6, 6.07) is 12.3. The lowest BCUT2D eigenvalue weighted by molar-refractivity contribution is 0.0600. The molecule has 1 aliphatic rings. The molecule has 1 N–H and O–H groups in total. The van der Waals surface area contributed by atoms with Gasteiger partial charge in [-0.1, -0.05) is 19.4 Å². The molecular weight excluding hydrogens is 384 g/mol. The van der Waals surface area contributed by atoms with Crippen LogP contribution in [0.5, 0.6) is 5.75 Å². The minimum atomic E-state index is -0.453. The summed E-state index contributed by atoms with van der Waals surface area (Å²) in [5.41, 5.74) is 2.26. The van der Waals surface area contributed by atoms with E-state index in [2.05, 4.69) is 17.1 Å². The normalized spacial score (nSPS) is 13.6. The number of methoxy groups -OCH3 is 1. The Bertz CT molecular complexity index is 878. The molecule has 0 radical (unpaired) electrons. The minimum Gasteiger partial charge on any atom is -0.494 e. The van der Waals surface area contributed by atoms with Crippen molar-refractivity contribution >= 4 is 23.3 Å². The zero-order valence-electron chi connectivity index (χ0n) is 17.5. The highest BCUT2D eigenvalue weighted by Crippen LogP contribution is 2.29. The quantitative estimate of drug-likeness (QED) is 0.526. The number of hydrogen-bond acceptors (Lipinski definition) is 6. The SMILES string of the molecule is CCCCOc1cccc(C(=O)Nc2cc(C(=O)OC)ccc2N2CCOCC2)c1. The molecule has 160 valence electrons. The molecule has 1 amide bonds. The number of carbonyl (C=O) groups excluding carboxylic acids is 2. The molecule has 0 atom stereocenters. The van der Waals surface area contributed by atoms with E-state index in [0.717, 1.165) is 18.5 Å². The summed E-state index contributed by atoms with van der Waals surface area (Å²) in [5, 5.41) is 2.95. The highest BCUT2D eigenvalue weighted by molar-refractivity contribution is 6.07. The van der Waals surface area contributed by atoms with Crippen LogP contribution in [0.1, 0.15) is 40.5 Å². The molecule has 3 rings (SSSR count). The van der Waals surface area contributed by atoms with E-state index in [1.54, 1.807) is 30.3 Å². The number of morpholine rings is 1. The van der Waals surface area contributed by atoms with Crippen molar-refractivity contribution in [2.45, 2.75) is 19.8 Å². The van der Waals surface area contributed by atoms with Crippen molar-refractivity contribution in [1.82, 2.24) is 0 Å². The Hall–Kier alpha value is -3.06. The predicted molar refractivity (Wildman–Crippen MR) is 116 cm³/mol. The van der Waals surface area contributed by atoms with Crippen LogP contribution in [0.2, 0.25) is 0 Å². The van der Waals surface area contributed by atoms with Crippen LogP contribution < -0.4 is 15.0 Å². The number of nitrogens with one attached hydrogen (secondary N) is 1. The average molecular weight is 412 g/mol. The zero-order chi connectivity index (χ0) is 21.3. The van der Waals surface area contributed by atoms with Crippen LogP contribution in [0.4, 0.5) is 11.4 Å². The highest BCUT2D eigenvalue weighted by Gasteiger charge is 2.19. The van der Waals surface area contributed by atoms with E-state index in [-0.39, 0.29) is 5.91 Å². The first-order valence-electron chi connectivity index (χ1n) is 10.2. The lowest BCUT2D eigenvalue weighted by Crippen LogP contribution is -2.36. The van der Waals surface area contributed by atoms with Crippen molar-refractivity contribution in [3.8, 4) is 5.75 Å². The van der Waals surface area contributed by atoms with Crippen LogP contribution in [0.25, 0.3) is 0 Å². The number of benzene rings is 2. The van der Waals surface area contributed by atoms with E-state index in [1.807, 2.05) is 12.1 Å². The Kier molecular flexibility index (Phi) is 7.68. The fourth-order valence-electron chi connectivity index (χ4n) is 3.22. The van der Waals surface area contributed by atoms with E-state index in [9.17, 15) is 9.59 Å². The van der Waals surface area contributed by atoms with Crippen LogP contribution in [-0.2, 0) is 9.47 Å². The van der Waals surface area contributed by atoms with Gasteiger partial charge < -0.3 is 24.4 Å². The van der Waals surface area contributed by atoms with Gasteiger partial charge in [0.15, 0.2) is 0 Å². The second-order valence-electron chi connectivity index (χ2n) is 7.01. The Morgan fingerprint density at radius 3 is 2.63 bits per heavy atom. The van der Waals surface area contributed by atoms with Gasteiger partial charge >= 0.3 is 5.97 Å². The van der Waals surface area contributed by atoms with Crippen molar-refractivity contribution in [2.24, 2.45) is 0 Å². The molecule has 30 heavy (non-hydrogen) atoms. The summed E-state index contributed by atoms with van der Waals surface area (Å²) in [7, 11) is 1.33. The number of anilines is 2. The predicted octanol–water partition coefficient (Wildman–Crippen LogP) is 3.74. The van der Waals surface area contributed by atoms with Crippen LogP contribution in [0, 0.1) is 0 Å². The zero-order valence-corrected chi connectivity index (χ0v) is 17.5. The van der Waals surface area contributed by atoms with Gasteiger partial charge in [0.2, 0.25) is 0 Å². The van der Waals surface area contributed by atoms with E-state index < -0.39 is 5.97 Å². The molecule has 0 bridgehead atoms. The first-order chi connectivity index (χ1) is 14.6. The monoisotopic (exact) mass is 412 g/mol. The van der Waals surface area contributed by atoms with Crippen LogP contribution in [0.15, 0.2) is 42.5 Å². The summed E-state index contributed by atoms with van der Waals surface area (Å²) in [6.45, 7) is 5.36. The summed E-state index contributed by atoms with van der Waals surface area (Å²) < 4.78 is 16.0.